The Hall–Kier alpha value is -0.410. The maximum absolute atomic E-state index is 9.21. The van der Waals surface area contributed by atoms with Crippen LogP contribution in [-0.4, -0.2) is 16.2 Å². The van der Waals surface area contributed by atoms with Crippen molar-refractivity contribution >= 4 is 11.3 Å². The average Bonchev–Trinajstić information content (AvgIpc) is 2.40. The van der Waals surface area contributed by atoms with E-state index in [9.17, 15) is 5.11 Å². The van der Waals surface area contributed by atoms with E-state index in [0.717, 1.165) is 17.7 Å². The van der Waals surface area contributed by atoms with Crippen LogP contribution in [0.1, 0.15) is 18.2 Å². The lowest BCUT2D eigenvalue weighted by Gasteiger charge is -2.02. The van der Waals surface area contributed by atoms with Gasteiger partial charge >= 0.3 is 0 Å². The maximum Gasteiger partial charge on any atom is 0.0794 e. The Morgan fingerprint density at radius 3 is 3.10 bits per heavy atom. The van der Waals surface area contributed by atoms with E-state index in [1.807, 2.05) is 13.1 Å². The van der Waals surface area contributed by atoms with E-state index in [-0.39, 0.29) is 6.10 Å². The highest BCUT2D eigenvalue weighted by molar-refractivity contribution is 7.09. The van der Waals surface area contributed by atoms with Crippen molar-refractivity contribution in [3.63, 3.8) is 0 Å². The largest absolute Gasteiger partial charge is 0.393 e. The second kappa shape index (κ2) is 3.68. The average molecular weight is 157 g/mol. The van der Waals surface area contributed by atoms with Gasteiger partial charge in [0, 0.05) is 17.5 Å². The molecule has 0 spiro atoms. The summed E-state index contributed by atoms with van der Waals surface area (Å²) < 4.78 is 0. The van der Waals surface area contributed by atoms with Crippen LogP contribution in [0.25, 0.3) is 0 Å². The third-order valence-corrected chi connectivity index (χ3v) is 2.19. The first-order valence-corrected chi connectivity index (χ1v) is 4.26. The van der Waals surface area contributed by atoms with Crippen molar-refractivity contribution in [2.75, 3.05) is 0 Å². The second-order valence-corrected chi connectivity index (χ2v) is 3.20. The normalized spacial score (nSPS) is 13.4. The Kier molecular flexibility index (Phi) is 2.83. The van der Waals surface area contributed by atoms with Gasteiger partial charge in [0.05, 0.1) is 11.6 Å². The number of rotatable bonds is 3. The lowest BCUT2D eigenvalue weighted by molar-refractivity contribution is 0.171. The predicted octanol–water partition coefficient (Wildman–Crippen LogP) is 1.46. The van der Waals surface area contributed by atoms with Crippen molar-refractivity contribution in [3.05, 3.63) is 16.6 Å². The zero-order valence-corrected chi connectivity index (χ0v) is 6.77. The van der Waals surface area contributed by atoms with Gasteiger partial charge in [0.2, 0.25) is 0 Å². The molecule has 56 valence electrons. The van der Waals surface area contributed by atoms with Gasteiger partial charge in [0.1, 0.15) is 0 Å². The highest BCUT2D eigenvalue weighted by atomic mass is 32.1. The van der Waals surface area contributed by atoms with Gasteiger partial charge in [-0.1, -0.05) is 6.92 Å². The zero-order chi connectivity index (χ0) is 7.40. The molecule has 0 saturated carbocycles. The van der Waals surface area contributed by atoms with E-state index >= 15 is 0 Å². The summed E-state index contributed by atoms with van der Waals surface area (Å²) in [5.41, 5.74) is 1.79. The highest BCUT2D eigenvalue weighted by Gasteiger charge is 2.02. The molecule has 1 N–H and O–H groups in total. The molecule has 1 atom stereocenters. The minimum absolute atomic E-state index is 0.194. The van der Waals surface area contributed by atoms with Gasteiger partial charge in [-0.05, 0) is 6.42 Å². The van der Waals surface area contributed by atoms with Crippen molar-refractivity contribution < 1.29 is 5.11 Å². The smallest absolute Gasteiger partial charge is 0.0794 e. The van der Waals surface area contributed by atoms with Gasteiger partial charge in [-0.25, -0.2) is 0 Å². The molecule has 10 heavy (non-hydrogen) atoms. The maximum atomic E-state index is 9.21. The summed E-state index contributed by atoms with van der Waals surface area (Å²) in [6, 6.07) is 0. The summed E-state index contributed by atoms with van der Waals surface area (Å²) >= 11 is 1.60. The lowest BCUT2D eigenvalue weighted by atomic mass is 10.2. The molecule has 1 aromatic heterocycles. The van der Waals surface area contributed by atoms with Gasteiger partial charge < -0.3 is 5.11 Å². The lowest BCUT2D eigenvalue weighted by Crippen LogP contribution is -2.06. The fourth-order valence-electron chi connectivity index (χ4n) is 0.720. The van der Waals surface area contributed by atoms with Crippen LogP contribution in [0.3, 0.4) is 0 Å². The van der Waals surface area contributed by atoms with E-state index in [0.29, 0.717) is 0 Å². The summed E-state index contributed by atoms with van der Waals surface area (Å²) in [6.45, 7) is 1.98. The molecule has 0 aliphatic heterocycles. The molecular formula is C7H11NOS. The fraction of sp³-hybridized carbons (Fsp3) is 0.571. The van der Waals surface area contributed by atoms with E-state index in [4.69, 9.17) is 0 Å². The van der Waals surface area contributed by atoms with Crippen molar-refractivity contribution in [1.29, 1.82) is 0 Å². The van der Waals surface area contributed by atoms with Crippen molar-refractivity contribution in [1.82, 2.24) is 4.98 Å². The van der Waals surface area contributed by atoms with E-state index in [1.54, 1.807) is 16.8 Å². The van der Waals surface area contributed by atoms with Gasteiger partial charge in [0.25, 0.3) is 0 Å². The van der Waals surface area contributed by atoms with Gasteiger partial charge in [-0.15, -0.1) is 11.3 Å². The third-order valence-electron chi connectivity index (χ3n) is 1.39. The fourth-order valence-corrected chi connectivity index (χ4v) is 1.39. The number of thiazole rings is 1. The molecule has 1 aromatic rings. The summed E-state index contributed by atoms with van der Waals surface area (Å²) in [4.78, 5) is 5.08. The van der Waals surface area contributed by atoms with Crippen molar-refractivity contribution in [3.8, 4) is 0 Å². The second-order valence-electron chi connectivity index (χ2n) is 2.23. The molecule has 3 heteroatoms. The Bertz CT molecular complexity index is 174. The molecule has 0 aliphatic carbocycles. The van der Waals surface area contributed by atoms with E-state index in [2.05, 4.69) is 4.98 Å². The molecular weight excluding hydrogens is 146 g/mol. The number of hydrogen-bond donors (Lipinski definition) is 1. The first-order chi connectivity index (χ1) is 4.83. The van der Waals surface area contributed by atoms with Crippen LogP contribution in [0.4, 0.5) is 0 Å². The van der Waals surface area contributed by atoms with Crippen molar-refractivity contribution in [2.24, 2.45) is 0 Å². The van der Waals surface area contributed by atoms with Crippen LogP contribution in [0.2, 0.25) is 0 Å². The summed E-state index contributed by atoms with van der Waals surface area (Å²) in [7, 11) is 0. The number of aromatic nitrogens is 1. The highest BCUT2D eigenvalue weighted by Crippen LogP contribution is 2.09. The van der Waals surface area contributed by atoms with Crippen LogP contribution in [-0.2, 0) is 6.42 Å². The number of nitrogens with zero attached hydrogens (tertiary/aromatic N) is 1. The Morgan fingerprint density at radius 1 is 1.80 bits per heavy atom. The van der Waals surface area contributed by atoms with Gasteiger partial charge in [-0.2, -0.15) is 0 Å². The number of aliphatic hydroxyl groups is 1. The van der Waals surface area contributed by atoms with Crippen LogP contribution in [0.5, 0.6) is 0 Å². The monoisotopic (exact) mass is 157 g/mol. The summed E-state index contributed by atoms with van der Waals surface area (Å²) in [5.74, 6) is 0. The van der Waals surface area contributed by atoms with Crippen LogP contribution >= 0.6 is 11.3 Å². The molecule has 1 heterocycles. The first-order valence-electron chi connectivity index (χ1n) is 3.38. The predicted molar refractivity (Wildman–Crippen MR) is 42.1 cm³/mol. The Balaban J connectivity index is 2.40. The van der Waals surface area contributed by atoms with Crippen LogP contribution < -0.4 is 0 Å². The third kappa shape index (κ3) is 2.08. The molecule has 0 amide bonds. The van der Waals surface area contributed by atoms with Crippen LogP contribution in [0.15, 0.2) is 11.7 Å². The molecule has 0 aromatic carbocycles. The SMILES string of the molecule is CCC(O)Cc1cncs1. The minimum Gasteiger partial charge on any atom is -0.393 e. The van der Waals surface area contributed by atoms with Gasteiger partial charge in [-0.3, -0.25) is 4.98 Å². The Labute approximate surface area is 64.5 Å². The zero-order valence-electron chi connectivity index (χ0n) is 5.95. The molecule has 1 unspecified atom stereocenters. The molecule has 1 rings (SSSR count). The molecule has 0 fully saturated rings. The van der Waals surface area contributed by atoms with E-state index < -0.39 is 0 Å². The summed E-state index contributed by atoms with van der Waals surface area (Å²) in [5, 5.41) is 9.21. The topological polar surface area (TPSA) is 33.1 Å². The Morgan fingerprint density at radius 2 is 2.60 bits per heavy atom. The number of aliphatic hydroxyl groups excluding tert-OH is 1. The first kappa shape index (κ1) is 7.69. The molecule has 0 saturated heterocycles. The molecule has 0 radical (unpaired) electrons. The molecule has 0 aliphatic rings. The van der Waals surface area contributed by atoms with Crippen molar-refractivity contribution in [2.45, 2.75) is 25.9 Å². The van der Waals surface area contributed by atoms with E-state index in [1.165, 1.54) is 0 Å². The molecule has 0 bridgehead atoms. The minimum atomic E-state index is -0.194. The molecule has 2 nitrogen and oxygen atoms in total. The number of hydrogen-bond acceptors (Lipinski definition) is 3. The summed E-state index contributed by atoms with van der Waals surface area (Å²) in [6.07, 6.45) is 3.18. The van der Waals surface area contributed by atoms with Gasteiger partial charge in [0.15, 0.2) is 0 Å². The van der Waals surface area contributed by atoms with Crippen LogP contribution in [0, 0.1) is 0 Å². The quantitative estimate of drug-likeness (QED) is 0.720. The standard InChI is InChI=1S/C7H11NOS/c1-2-6(9)3-7-4-8-5-10-7/h4-6,9H,2-3H2,1H3.